The number of hydrogen-bond acceptors (Lipinski definition) is 1. The van der Waals surface area contributed by atoms with Crippen molar-refractivity contribution in [2.75, 3.05) is 0 Å². The molecule has 1 saturated carbocycles. The molecule has 1 heterocycles. The summed E-state index contributed by atoms with van der Waals surface area (Å²) in [6, 6.07) is 0.741. The highest BCUT2D eigenvalue weighted by Crippen LogP contribution is 2.30. The Bertz CT molecular complexity index is 167. The summed E-state index contributed by atoms with van der Waals surface area (Å²) in [5, 5.41) is 3.45. The maximum atomic E-state index is 5.16. The fourth-order valence-corrected chi connectivity index (χ4v) is 2.61. The molecule has 1 aliphatic heterocycles. The highest BCUT2D eigenvalue weighted by Gasteiger charge is 2.28. The molecule has 0 bridgehead atoms. The molecule has 0 spiro atoms. The van der Waals surface area contributed by atoms with Crippen LogP contribution in [0.3, 0.4) is 0 Å². The molecule has 0 radical (unpaired) electrons. The van der Waals surface area contributed by atoms with E-state index in [0.717, 1.165) is 23.4 Å². The molecule has 0 aromatic carbocycles. The summed E-state index contributed by atoms with van der Waals surface area (Å²) in [5.41, 5.74) is 0. The van der Waals surface area contributed by atoms with Gasteiger partial charge in [0.25, 0.3) is 0 Å². The molecular weight excluding hydrogens is 154 g/mol. The first-order chi connectivity index (χ1) is 5.36. The van der Waals surface area contributed by atoms with E-state index in [4.69, 9.17) is 12.2 Å². The molecule has 1 aliphatic carbocycles. The molecule has 2 aliphatic rings. The van der Waals surface area contributed by atoms with Crippen LogP contribution in [0, 0.1) is 5.92 Å². The standard InChI is InChI=1S/C9H15NS/c11-9-6-5-7-3-1-2-4-8(7)10-9/h7-8H,1-6H2,(H,10,11). The summed E-state index contributed by atoms with van der Waals surface area (Å²) in [6.45, 7) is 0. The van der Waals surface area contributed by atoms with Gasteiger partial charge in [-0.2, -0.15) is 0 Å². The first kappa shape index (κ1) is 7.53. The van der Waals surface area contributed by atoms with E-state index in [-0.39, 0.29) is 0 Å². The van der Waals surface area contributed by atoms with E-state index in [1.165, 1.54) is 32.1 Å². The van der Waals surface area contributed by atoms with Crippen molar-refractivity contribution in [1.29, 1.82) is 0 Å². The Hall–Kier alpha value is -0.110. The highest BCUT2D eigenvalue weighted by atomic mass is 32.1. The number of rotatable bonds is 0. The zero-order valence-electron chi connectivity index (χ0n) is 6.81. The van der Waals surface area contributed by atoms with Crippen LogP contribution >= 0.6 is 12.2 Å². The van der Waals surface area contributed by atoms with E-state index in [1.807, 2.05) is 0 Å². The highest BCUT2D eigenvalue weighted by molar-refractivity contribution is 7.80. The Labute approximate surface area is 73.6 Å². The fourth-order valence-electron chi connectivity index (χ4n) is 2.34. The second-order valence-electron chi connectivity index (χ2n) is 3.76. The van der Waals surface area contributed by atoms with Gasteiger partial charge in [-0.25, -0.2) is 0 Å². The number of thiocarbonyl (C=S) groups is 1. The van der Waals surface area contributed by atoms with E-state index in [0.29, 0.717) is 0 Å². The predicted octanol–water partition coefficient (Wildman–Crippen LogP) is 2.26. The zero-order valence-corrected chi connectivity index (χ0v) is 7.62. The summed E-state index contributed by atoms with van der Waals surface area (Å²) in [6.07, 6.45) is 8.10. The molecule has 0 aromatic rings. The summed E-state index contributed by atoms with van der Waals surface area (Å²) < 4.78 is 0. The Morgan fingerprint density at radius 2 is 2.00 bits per heavy atom. The topological polar surface area (TPSA) is 12.0 Å². The van der Waals surface area contributed by atoms with Gasteiger partial charge < -0.3 is 5.32 Å². The lowest BCUT2D eigenvalue weighted by Gasteiger charge is -2.37. The fraction of sp³-hybridized carbons (Fsp3) is 0.889. The minimum Gasteiger partial charge on any atom is -0.377 e. The summed E-state index contributed by atoms with van der Waals surface area (Å²) >= 11 is 5.16. The predicted molar refractivity (Wildman–Crippen MR) is 50.7 cm³/mol. The molecule has 2 heteroatoms. The minimum atomic E-state index is 0.741. The Morgan fingerprint density at radius 3 is 2.91 bits per heavy atom. The molecule has 11 heavy (non-hydrogen) atoms. The molecule has 2 fully saturated rings. The molecule has 1 saturated heterocycles. The van der Waals surface area contributed by atoms with Crippen molar-refractivity contribution in [3.05, 3.63) is 0 Å². The van der Waals surface area contributed by atoms with E-state index in [2.05, 4.69) is 5.32 Å². The van der Waals surface area contributed by atoms with Crippen molar-refractivity contribution in [3.63, 3.8) is 0 Å². The van der Waals surface area contributed by atoms with Crippen LogP contribution in [-0.2, 0) is 0 Å². The second-order valence-corrected chi connectivity index (χ2v) is 4.25. The summed E-state index contributed by atoms with van der Waals surface area (Å²) in [5.74, 6) is 0.940. The number of nitrogens with one attached hydrogen (secondary N) is 1. The number of fused-ring (bicyclic) bond motifs is 1. The van der Waals surface area contributed by atoms with Crippen LogP contribution in [0.2, 0.25) is 0 Å². The van der Waals surface area contributed by atoms with E-state index >= 15 is 0 Å². The third-order valence-electron chi connectivity index (χ3n) is 3.00. The van der Waals surface area contributed by atoms with Crippen molar-refractivity contribution >= 4 is 17.2 Å². The van der Waals surface area contributed by atoms with Gasteiger partial charge in [0.2, 0.25) is 0 Å². The second kappa shape index (κ2) is 3.10. The van der Waals surface area contributed by atoms with Gasteiger partial charge in [0, 0.05) is 6.04 Å². The smallest absolute Gasteiger partial charge is 0.0755 e. The number of piperidine rings is 1. The van der Waals surface area contributed by atoms with Crippen LogP contribution in [-0.4, -0.2) is 11.0 Å². The molecule has 1 N–H and O–H groups in total. The molecule has 0 aromatic heterocycles. The first-order valence-electron chi connectivity index (χ1n) is 4.65. The van der Waals surface area contributed by atoms with E-state index < -0.39 is 0 Å². The molecule has 0 amide bonds. The molecule has 2 rings (SSSR count). The maximum absolute atomic E-state index is 5.16. The van der Waals surface area contributed by atoms with Crippen molar-refractivity contribution in [3.8, 4) is 0 Å². The van der Waals surface area contributed by atoms with Crippen molar-refractivity contribution in [2.45, 2.75) is 44.6 Å². The quantitative estimate of drug-likeness (QED) is 0.558. The largest absolute Gasteiger partial charge is 0.377 e. The zero-order chi connectivity index (χ0) is 7.68. The Kier molecular flexibility index (Phi) is 2.12. The van der Waals surface area contributed by atoms with Crippen LogP contribution in [0.5, 0.6) is 0 Å². The third-order valence-corrected chi connectivity index (χ3v) is 3.32. The third kappa shape index (κ3) is 1.56. The molecular formula is C9H15NS. The lowest BCUT2D eigenvalue weighted by molar-refractivity contribution is 0.260. The van der Waals surface area contributed by atoms with Crippen LogP contribution in [0.15, 0.2) is 0 Å². The average molecular weight is 169 g/mol. The Morgan fingerprint density at radius 1 is 1.18 bits per heavy atom. The van der Waals surface area contributed by atoms with Gasteiger partial charge in [0.05, 0.1) is 4.99 Å². The van der Waals surface area contributed by atoms with Crippen molar-refractivity contribution in [2.24, 2.45) is 5.92 Å². The van der Waals surface area contributed by atoms with Gasteiger partial charge >= 0.3 is 0 Å². The normalized spacial score (nSPS) is 37.6. The van der Waals surface area contributed by atoms with Crippen molar-refractivity contribution in [1.82, 2.24) is 5.32 Å². The van der Waals surface area contributed by atoms with Crippen LogP contribution in [0.1, 0.15) is 38.5 Å². The van der Waals surface area contributed by atoms with Crippen LogP contribution in [0.25, 0.3) is 0 Å². The van der Waals surface area contributed by atoms with E-state index in [9.17, 15) is 0 Å². The molecule has 2 atom stereocenters. The van der Waals surface area contributed by atoms with Gasteiger partial charge in [-0.3, -0.25) is 0 Å². The van der Waals surface area contributed by atoms with Crippen LogP contribution in [0.4, 0.5) is 0 Å². The maximum Gasteiger partial charge on any atom is 0.0755 e. The monoisotopic (exact) mass is 169 g/mol. The van der Waals surface area contributed by atoms with Gasteiger partial charge in [-0.15, -0.1) is 0 Å². The van der Waals surface area contributed by atoms with Gasteiger partial charge in [0.1, 0.15) is 0 Å². The Balaban J connectivity index is 1.98. The molecule has 1 nitrogen and oxygen atoms in total. The summed E-state index contributed by atoms with van der Waals surface area (Å²) in [4.78, 5) is 1.10. The number of hydrogen-bond donors (Lipinski definition) is 1. The van der Waals surface area contributed by atoms with Gasteiger partial charge in [-0.1, -0.05) is 25.1 Å². The first-order valence-corrected chi connectivity index (χ1v) is 5.06. The lowest BCUT2D eigenvalue weighted by Crippen LogP contribution is -2.45. The lowest BCUT2D eigenvalue weighted by atomic mass is 9.79. The van der Waals surface area contributed by atoms with Crippen LogP contribution < -0.4 is 5.32 Å². The summed E-state index contributed by atoms with van der Waals surface area (Å²) in [7, 11) is 0. The molecule has 62 valence electrons. The van der Waals surface area contributed by atoms with E-state index in [1.54, 1.807) is 0 Å². The van der Waals surface area contributed by atoms with Gasteiger partial charge in [-0.05, 0) is 31.6 Å². The SMILES string of the molecule is S=C1CCC2CCCCC2N1. The average Bonchev–Trinajstić information content (AvgIpc) is 2.04. The van der Waals surface area contributed by atoms with Gasteiger partial charge in [0.15, 0.2) is 0 Å². The minimum absolute atomic E-state index is 0.741. The van der Waals surface area contributed by atoms with Crippen molar-refractivity contribution < 1.29 is 0 Å². The molecule has 2 unspecified atom stereocenters.